The Labute approximate surface area is 154 Å². The minimum Gasteiger partial charge on any atom is -0.490 e. The van der Waals surface area contributed by atoms with Gasteiger partial charge in [-0.15, -0.1) is 0 Å². The fraction of sp³-hybridized carbons (Fsp3) is 0.350. The Morgan fingerprint density at radius 1 is 0.808 bits per heavy atom. The lowest BCUT2D eigenvalue weighted by Gasteiger charge is -2.17. The average Bonchev–Trinajstić information content (AvgIpc) is 2.60. The highest BCUT2D eigenvalue weighted by Crippen LogP contribution is 2.40. The van der Waals surface area contributed by atoms with Crippen LogP contribution in [-0.2, 0) is 0 Å². The second-order valence-electron chi connectivity index (χ2n) is 5.55. The molecule has 0 saturated heterocycles. The Morgan fingerprint density at radius 3 is 1.81 bits per heavy atom. The van der Waals surface area contributed by atoms with Crippen LogP contribution in [-0.4, -0.2) is 25.9 Å². The van der Waals surface area contributed by atoms with Gasteiger partial charge in [0.25, 0.3) is 0 Å². The molecule has 0 aliphatic rings. The summed E-state index contributed by atoms with van der Waals surface area (Å²) in [7, 11) is 0. The molecule has 0 heterocycles. The lowest BCUT2D eigenvalue weighted by molar-refractivity contribution is 0.260. The second kappa shape index (κ2) is 9.56. The third-order valence-electron chi connectivity index (χ3n) is 3.48. The highest BCUT2D eigenvalue weighted by molar-refractivity contribution is 6.00. The van der Waals surface area contributed by atoms with Crippen molar-refractivity contribution in [1.29, 1.82) is 0 Å². The number of nitrogens with one attached hydrogen (secondary N) is 2. The molecule has 2 rings (SSSR count). The summed E-state index contributed by atoms with van der Waals surface area (Å²) in [5.41, 5.74) is 2.41. The maximum atomic E-state index is 12.3. The maximum absolute atomic E-state index is 12.3. The summed E-state index contributed by atoms with van der Waals surface area (Å²) in [6.45, 7) is 9.11. The smallest absolute Gasteiger partial charge is 0.323 e. The van der Waals surface area contributed by atoms with E-state index in [9.17, 15) is 4.79 Å². The number of aryl methyl sites for hydroxylation is 1. The van der Waals surface area contributed by atoms with Crippen molar-refractivity contribution in [3.8, 4) is 17.2 Å². The van der Waals surface area contributed by atoms with Crippen LogP contribution in [0.1, 0.15) is 26.3 Å². The molecule has 2 N–H and O–H groups in total. The average molecular weight is 358 g/mol. The summed E-state index contributed by atoms with van der Waals surface area (Å²) in [6.07, 6.45) is 0. The first-order chi connectivity index (χ1) is 12.6. The molecule has 0 spiro atoms. The molecule has 2 amide bonds. The normalized spacial score (nSPS) is 10.2. The minimum absolute atomic E-state index is 0.345. The van der Waals surface area contributed by atoms with E-state index in [0.717, 1.165) is 5.56 Å². The molecule has 0 aliphatic carbocycles. The summed E-state index contributed by atoms with van der Waals surface area (Å²) in [5, 5.41) is 5.60. The number of anilines is 2. The predicted molar refractivity (Wildman–Crippen MR) is 104 cm³/mol. The topological polar surface area (TPSA) is 68.8 Å². The van der Waals surface area contributed by atoms with Gasteiger partial charge in [-0.3, -0.25) is 0 Å². The first-order valence-electron chi connectivity index (χ1n) is 8.78. The van der Waals surface area contributed by atoms with Gasteiger partial charge in [0.2, 0.25) is 5.75 Å². The van der Waals surface area contributed by atoms with Gasteiger partial charge in [-0.2, -0.15) is 0 Å². The molecule has 26 heavy (non-hydrogen) atoms. The third-order valence-corrected chi connectivity index (χ3v) is 3.48. The zero-order valence-electron chi connectivity index (χ0n) is 15.7. The zero-order chi connectivity index (χ0) is 18.9. The fourth-order valence-electron chi connectivity index (χ4n) is 2.39. The van der Waals surface area contributed by atoms with E-state index in [1.54, 1.807) is 12.1 Å². The molecule has 0 aromatic heterocycles. The standard InChI is InChI=1S/C20H26N2O4/c1-5-24-17-12-16(13-18(25-6-2)19(17)26-7-3)22-20(23)21-15-10-8-14(4)9-11-15/h8-13H,5-7H2,1-4H3,(H2,21,22,23). The summed E-state index contributed by atoms with van der Waals surface area (Å²) in [4.78, 5) is 12.3. The van der Waals surface area contributed by atoms with Gasteiger partial charge in [0, 0.05) is 17.8 Å². The molecular formula is C20H26N2O4. The molecule has 0 saturated carbocycles. The van der Waals surface area contributed by atoms with Crippen molar-refractivity contribution < 1.29 is 19.0 Å². The van der Waals surface area contributed by atoms with E-state index in [2.05, 4.69) is 10.6 Å². The number of carbonyl (C=O) groups is 1. The van der Waals surface area contributed by atoms with E-state index in [1.165, 1.54) is 0 Å². The lowest BCUT2D eigenvalue weighted by atomic mass is 10.2. The van der Waals surface area contributed by atoms with E-state index in [1.807, 2.05) is 52.0 Å². The van der Waals surface area contributed by atoms with Gasteiger partial charge in [0.05, 0.1) is 25.5 Å². The highest BCUT2D eigenvalue weighted by atomic mass is 16.5. The quantitative estimate of drug-likeness (QED) is 0.709. The molecule has 0 fully saturated rings. The largest absolute Gasteiger partial charge is 0.490 e. The number of urea groups is 1. The van der Waals surface area contributed by atoms with Crippen molar-refractivity contribution in [2.45, 2.75) is 27.7 Å². The van der Waals surface area contributed by atoms with E-state index in [4.69, 9.17) is 14.2 Å². The first-order valence-corrected chi connectivity index (χ1v) is 8.78. The maximum Gasteiger partial charge on any atom is 0.323 e. The van der Waals surface area contributed by atoms with Crippen LogP contribution >= 0.6 is 0 Å². The first kappa shape index (κ1) is 19.4. The second-order valence-corrected chi connectivity index (χ2v) is 5.55. The van der Waals surface area contributed by atoms with Gasteiger partial charge in [0.15, 0.2) is 11.5 Å². The number of ether oxygens (including phenoxy) is 3. The molecule has 140 valence electrons. The molecule has 0 radical (unpaired) electrons. The van der Waals surface area contributed by atoms with Gasteiger partial charge in [-0.05, 0) is 39.8 Å². The molecule has 0 atom stereocenters. The van der Waals surface area contributed by atoms with Crippen LogP contribution in [0.15, 0.2) is 36.4 Å². The van der Waals surface area contributed by atoms with E-state index < -0.39 is 0 Å². The molecule has 0 bridgehead atoms. The van der Waals surface area contributed by atoms with Crippen molar-refractivity contribution in [3.05, 3.63) is 42.0 Å². The number of hydrogen-bond acceptors (Lipinski definition) is 4. The van der Waals surface area contributed by atoms with Crippen molar-refractivity contribution in [3.63, 3.8) is 0 Å². The monoisotopic (exact) mass is 358 g/mol. The molecule has 6 heteroatoms. The van der Waals surface area contributed by atoms with Gasteiger partial charge in [0.1, 0.15) is 0 Å². The van der Waals surface area contributed by atoms with Gasteiger partial charge >= 0.3 is 6.03 Å². The number of carbonyl (C=O) groups excluding carboxylic acids is 1. The van der Waals surface area contributed by atoms with Crippen LogP contribution in [0.3, 0.4) is 0 Å². The van der Waals surface area contributed by atoms with Crippen LogP contribution in [0.4, 0.5) is 16.2 Å². The Bertz CT molecular complexity index is 702. The number of benzene rings is 2. The molecule has 0 aliphatic heterocycles. The van der Waals surface area contributed by atoms with Gasteiger partial charge in [-0.1, -0.05) is 17.7 Å². The Morgan fingerprint density at radius 2 is 1.31 bits per heavy atom. The van der Waals surface area contributed by atoms with Crippen molar-refractivity contribution in [2.24, 2.45) is 0 Å². The SMILES string of the molecule is CCOc1cc(NC(=O)Nc2ccc(C)cc2)cc(OCC)c1OCC. The van der Waals surface area contributed by atoms with E-state index >= 15 is 0 Å². The Hall–Kier alpha value is -2.89. The van der Waals surface area contributed by atoms with Crippen LogP contribution in [0.5, 0.6) is 17.2 Å². The van der Waals surface area contributed by atoms with Crippen LogP contribution < -0.4 is 24.8 Å². The lowest BCUT2D eigenvalue weighted by Crippen LogP contribution is -2.19. The number of hydrogen-bond donors (Lipinski definition) is 2. The van der Waals surface area contributed by atoms with Gasteiger partial charge < -0.3 is 24.8 Å². The van der Waals surface area contributed by atoms with Crippen LogP contribution in [0.2, 0.25) is 0 Å². The number of rotatable bonds is 8. The molecule has 6 nitrogen and oxygen atoms in total. The minimum atomic E-state index is -0.345. The Balaban J connectivity index is 2.21. The molecular weight excluding hydrogens is 332 g/mol. The van der Waals surface area contributed by atoms with Crippen molar-refractivity contribution in [2.75, 3.05) is 30.5 Å². The molecule has 0 unspecified atom stereocenters. The zero-order valence-corrected chi connectivity index (χ0v) is 15.7. The Kier molecular flexibility index (Phi) is 7.14. The third kappa shape index (κ3) is 5.31. The van der Waals surface area contributed by atoms with Crippen LogP contribution in [0.25, 0.3) is 0 Å². The summed E-state index contributed by atoms with van der Waals surface area (Å²) in [6, 6.07) is 10.7. The van der Waals surface area contributed by atoms with E-state index in [-0.39, 0.29) is 6.03 Å². The van der Waals surface area contributed by atoms with Gasteiger partial charge in [-0.25, -0.2) is 4.79 Å². The highest BCUT2D eigenvalue weighted by Gasteiger charge is 2.16. The molecule has 2 aromatic rings. The van der Waals surface area contributed by atoms with E-state index in [0.29, 0.717) is 48.4 Å². The fourth-order valence-corrected chi connectivity index (χ4v) is 2.39. The van der Waals surface area contributed by atoms with Crippen molar-refractivity contribution in [1.82, 2.24) is 0 Å². The van der Waals surface area contributed by atoms with Crippen molar-refractivity contribution >= 4 is 17.4 Å². The molecule has 2 aromatic carbocycles. The predicted octanol–water partition coefficient (Wildman–Crippen LogP) is 4.84. The summed E-state index contributed by atoms with van der Waals surface area (Å²) >= 11 is 0. The number of amides is 2. The summed E-state index contributed by atoms with van der Waals surface area (Å²) < 4.78 is 17.0. The van der Waals surface area contributed by atoms with Crippen LogP contribution in [0, 0.1) is 6.92 Å². The summed E-state index contributed by atoms with van der Waals surface area (Å²) in [5.74, 6) is 1.61.